The number of hydrogen-bond acceptors (Lipinski definition) is 8. The highest BCUT2D eigenvalue weighted by Crippen LogP contribution is 2.31. The molecule has 1 unspecified atom stereocenters. The number of anilines is 3. The van der Waals surface area contributed by atoms with Gasteiger partial charge in [0.05, 0.1) is 12.3 Å². The fourth-order valence-corrected chi connectivity index (χ4v) is 3.59. The molecule has 0 aliphatic carbocycles. The van der Waals surface area contributed by atoms with Crippen molar-refractivity contribution in [1.82, 2.24) is 24.8 Å². The largest absolute Gasteiger partial charge is 0.476 e. The minimum Gasteiger partial charge on any atom is -0.476 e. The Morgan fingerprint density at radius 1 is 1.22 bits per heavy atom. The van der Waals surface area contributed by atoms with Crippen LogP contribution in [0, 0.1) is 5.41 Å². The fraction of sp³-hybridized carbons (Fsp3) is 0.500. The summed E-state index contributed by atoms with van der Waals surface area (Å²) in [6.07, 6.45) is 4.53. The van der Waals surface area contributed by atoms with Crippen molar-refractivity contribution in [3.63, 3.8) is 0 Å². The van der Waals surface area contributed by atoms with E-state index in [1.54, 1.807) is 6.20 Å². The Labute approximate surface area is 189 Å². The third kappa shape index (κ3) is 4.75. The number of pyridine rings is 2. The summed E-state index contributed by atoms with van der Waals surface area (Å²) in [7, 11) is 2.12. The van der Waals surface area contributed by atoms with E-state index in [1.165, 1.54) is 5.56 Å². The van der Waals surface area contributed by atoms with E-state index in [9.17, 15) is 0 Å². The SMILES string of the molecule is CCOc1nc2c(cc1Nc1ncc3ccnc(NC(C)C(C)(C)C)c3n1)CN(C)CC2. The molecular weight excluding hydrogens is 402 g/mol. The Bertz CT molecular complexity index is 1110. The number of likely N-dealkylation sites (N-methyl/N-ethyl adjacent to an activating group) is 1. The molecule has 4 rings (SSSR count). The van der Waals surface area contributed by atoms with Gasteiger partial charge in [-0.05, 0) is 44.0 Å². The molecule has 1 atom stereocenters. The normalized spacial score (nSPS) is 15.3. The van der Waals surface area contributed by atoms with Gasteiger partial charge in [-0.1, -0.05) is 20.8 Å². The average molecular weight is 436 g/mol. The Morgan fingerprint density at radius 2 is 2.03 bits per heavy atom. The Hall–Kier alpha value is -3.00. The monoisotopic (exact) mass is 435 g/mol. The molecule has 0 radical (unpaired) electrons. The topological polar surface area (TPSA) is 88.1 Å². The standard InChI is InChI=1S/C24H33N7O/c1-7-32-22-19(12-17-14-31(6)11-9-18(17)28-22)29-23-26-13-16-8-10-25-21(20(16)30-23)27-15(2)24(3,4)5/h8,10,12-13,15H,7,9,11,14H2,1-6H3,(H,25,27)(H,26,29,30). The first-order chi connectivity index (χ1) is 15.2. The van der Waals surface area contributed by atoms with Crippen LogP contribution < -0.4 is 15.4 Å². The van der Waals surface area contributed by atoms with Crippen molar-refractivity contribution < 1.29 is 4.74 Å². The van der Waals surface area contributed by atoms with Gasteiger partial charge in [-0.3, -0.25) is 0 Å². The first-order valence-corrected chi connectivity index (χ1v) is 11.2. The van der Waals surface area contributed by atoms with Gasteiger partial charge >= 0.3 is 0 Å². The zero-order valence-electron chi connectivity index (χ0n) is 19.9. The van der Waals surface area contributed by atoms with E-state index in [2.05, 4.69) is 66.3 Å². The molecule has 2 N–H and O–H groups in total. The van der Waals surface area contributed by atoms with Crippen LogP contribution in [0.15, 0.2) is 24.5 Å². The second-order valence-electron chi connectivity index (χ2n) is 9.52. The summed E-state index contributed by atoms with van der Waals surface area (Å²) in [5.74, 6) is 1.83. The van der Waals surface area contributed by atoms with Crippen molar-refractivity contribution in [2.24, 2.45) is 5.41 Å². The van der Waals surface area contributed by atoms with Crippen LogP contribution in [0.2, 0.25) is 0 Å². The summed E-state index contributed by atoms with van der Waals surface area (Å²) in [5, 5.41) is 7.80. The Balaban J connectivity index is 1.69. The van der Waals surface area contributed by atoms with Crippen LogP contribution in [0.5, 0.6) is 5.88 Å². The molecule has 0 fully saturated rings. The quantitative estimate of drug-likeness (QED) is 0.589. The van der Waals surface area contributed by atoms with Crippen LogP contribution in [0.3, 0.4) is 0 Å². The van der Waals surface area contributed by atoms with Crippen LogP contribution >= 0.6 is 0 Å². The highest BCUT2D eigenvalue weighted by atomic mass is 16.5. The van der Waals surface area contributed by atoms with E-state index in [4.69, 9.17) is 14.7 Å². The zero-order valence-corrected chi connectivity index (χ0v) is 19.9. The summed E-state index contributed by atoms with van der Waals surface area (Å²) in [6, 6.07) is 4.26. The first-order valence-electron chi connectivity index (χ1n) is 11.2. The van der Waals surface area contributed by atoms with Gasteiger partial charge < -0.3 is 20.3 Å². The molecule has 0 bridgehead atoms. The van der Waals surface area contributed by atoms with Crippen LogP contribution in [-0.4, -0.2) is 51.1 Å². The molecule has 3 aromatic heterocycles. The smallest absolute Gasteiger partial charge is 0.238 e. The lowest BCUT2D eigenvalue weighted by molar-refractivity contribution is 0.301. The maximum Gasteiger partial charge on any atom is 0.238 e. The number of aromatic nitrogens is 4. The molecule has 1 aliphatic rings. The van der Waals surface area contributed by atoms with Crippen LogP contribution in [0.4, 0.5) is 17.5 Å². The highest BCUT2D eigenvalue weighted by molar-refractivity contribution is 5.88. The van der Waals surface area contributed by atoms with Gasteiger partial charge in [0.25, 0.3) is 0 Å². The number of nitrogens with zero attached hydrogens (tertiary/aromatic N) is 5. The van der Waals surface area contributed by atoms with Crippen molar-refractivity contribution in [1.29, 1.82) is 0 Å². The summed E-state index contributed by atoms with van der Waals surface area (Å²) < 4.78 is 5.84. The molecule has 32 heavy (non-hydrogen) atoms. The van der Waals surface area contributed by atoms with Crippen LogP contribution in [0.1, 0.15) is 45.9 Å². The van der Waals surface area contributed by atoms with Crippen molar-refractivity contribution in [2.45, 2.75) is 53.6 Å². The minimum atomic E-state index is 0.0896. The van der Waals surface area contributed by atoms with Crippen molar-refractivity contribution in [2.75, 3.05) is 30.8 Å². The third-order valence-corrected chi connectivity index (χ3v) is 6.01. The van der Waals surface area contributed by atoms with E-state index in [1.807, 2.05) is 19.2 Å². The molecule has 170 valence electrons. The highest BCUT2D eigenvalue weighted by Gasteiger charge is 2.22. The predicted octanol–water partition coefficient (Wildman–Crippen LogP) is 4.40. The molecule has 0 spiro atoms. The molecule has 0 amide bonds. The number of fused-ring (bicyclic) bond motifs is 2. The zero-order chi connectivity index (χ0) is 22.9. The van der Waals surface area contributed by atoms with E-state index in [0.29, 0.717) is 18.4 Å². The molecule has 0 saturated heterocycles. The third-order valence-electron chi connectivity index (χ3n) is 6.01. The van der Waals surface area contributed by atoms with E-state index < -0.39 is 0 Å². The van der Waals surface area contributed by atoms with Gasteiger partial charge in [-0.25, -0.2) is 19.9 Å². The summed E-state index contributed by atoms with van der Waals surface area (Å²) >= 11 is 0. The maximum absolute atomic E-state index is 5.84. The lowest BCUT2D eigenvalue weighted by Gasteiger charge is -2.28. The number of rotatable bonds is 6. The molecule has 4 heterocycles. The van der Waals surface area contributed by atoms with E-state index in [-0.39, 0.29) is 11.5 Å². The predicted molar refractivity (Wildman–Crippen MR) is 129 cm³/mol. The lowest BCUT2D eigenvalue weighted by Crippen LogP contribution is -2.31. The molecule has 0 aromatic carbocycles. The average Bonchev–Trinajstić information content (AvgIpc) is 2.74. The van der Waals surface area contributed by atoms with E-state index in [0.717, 1.165) is 47.6 Å². The number of ether oxygens (including phenoxy) is 1. The van der Waals surface area contributed by atoms with Gasteiger partial charge in [0.15, 0.2) is 5.82 Å². The maximum atomic E-state index is 5.84. The fourth-order valence-electron chi connectivity index (χ4n) is 3.59. The number of nitrogens with one attached hydrogen (secondary N) is 2. The van der Waals surface area contributed by atoms with Gasteiger partial charge in [0.1, 0.15) is 11.2 Å². The second kappa shape index (κ2) is 8.86. The molecule has 3 aromatic rings. The van der Waals surface area contributed by atoms with Gasteiger partial charge in [-0.2, -0.15) is 0 Å². The second-order valence-corrected chi connectivity index (χ2v) is 9.52. The first kappa shape index (κ1) is 22.2. The van der Waals surface area contributed by atoms with Gasteiger partial charge in [-0.15, -0.1) is 0 Å². The van der Waals surface area contributed by atoms with Crippen molar-refractivity contribution >= 4 is 28.4 Å². The number of hydrogen-bond donors (Lipinski definition) is 2. The summed E-state index contributed by atoms with van der Waals surface area (Å²) in [6.45, 7) is 13.1. The molecule has 1 aliphatic heterocycles. The van der Waals surface area contributed by atoms with Crippen molar-refractivity contribution in [3.8, 4) is 5.88 Å². The summed E-state index contributed by atoms with van der Waals surface area (Å²) in [5.41, 5.74) is 3.95. The van der Waals surface area contributed by atoms with Gasteiger partial charge in [0.2, 0.25) is 11.8 Å². The van der Waals surface area contributed by atoms with Gasteiger partial charge in [0, 0.05) is 43.3 Å². The van der Waals surface area contributed by atoms with E-state index >= 15 is 0 Å². The van der Waals surface area contributed by atoms with Crippen LogP contribution in [0.25, 0.3) is 10.9 Å². The Kier molecular flexibility index (Phi) is 6.15. The molecule has 0 saturated carbocycles. The van der Waals surface area contributed by atoms with Crippen molar-refractivity contribution in [3.05, 3.63) is 35.8 Å². The lowest BCUT2D eigenvalue weighted by atomic mass is 9.88. The Morgan fingerprint density at radius 3 is 2.78 bits per heavy atom. The molecule has 8 heteroatoms. The molecular formula is C24H33N7O. The molecule has 8 nitrogen and oxygen atoms in total. The summed E-state index contributed by atoms with van der Waals surface area (Å²) in [4.78, 5) is 21.0. The van der Waals surface area contributed by atoms with Crippen LogP contribution in [-0.2, 0) is 13.0 Å². The minimum absolute atomic E-state index is 0.0896.